The smallest absolute Gasteiger partial charge is 0.0985 e. The number of anilines is 1. The highest BCUT2D eigenvalue weighted by Gasteiger charge is 2.22. The Labute approximate surface area is 140 Å². The van der Waals surface area contributed by atoms with E-state index in [1.54, 1.807) is 0 Å². The molecular weight excluding hydrogens is 344 g/mol. The minimum Gasteiger partial charge on any atom is -0.377 e. The van der Waals surface area contributed by atoms with Gasteiger partial charge < -0.3 is 5.32 Å². The van der Waals surface area contributed by atoms with Crippen LogP contribution in [-0.2, 0) is 5.41 Å². The van der Waals surface area contributed by atoms with E-state index in [9.17, 15) is 0 Å². The molecule has 1 unspecified atom stereocenters. The molecule has 0 fully saturated rings. The standard InChI is InChI=1S/C17H23BrN2S/c1-10-7-8-13(18)9-14(10)19-11(2)15-12(3)20-16(21-15)17(4,5)6/h7-9,11,19H,1-6H3. The van der Waals surface area contributed by atoms with Crippen molar-refractivity contribution in [2.24, 2.45) is 0 Å². The van der Waals surface area contributed by atoms with Crippen LogP contribution in [0.5, 0.6) is 0 Å². The number of nitrogens with zero attached hydrogens (tertiary/aromatic N) is 1. The Morgan fingerprint density at radius 2 is 1.90 bits per heavy atom. The Bertz CT molecular complexity index is 641. The van der Waals surface area contributed by atoms with Gasteiger partial charge >= 0.3 is 0 Å². The third-order valence-corrected chi connectivity index (χ3v) is 5.70. The molecule has 0 spiro atoms. The highest BCUT2D eigenvalue weighted by atomic mass is 79.9. The Morgan fingerprint density at radius 3 is 2.48 bits per heavy atom. The molecule has 0 bridgehead atoms. The number of nitrogens with one attached hydrogen (secondary N) is 1. The van der Waals surface area contributed by atoms with Crippen molar-refractivity contribution in [2.75, 3.05) is 5.32 Å². The van der Waals surface area contributed by atoms with Gasteiger partial charge in [-0.3, -0.25) is 0 Å². The predicted molar refractivity (Wildman–Crippen MR) is 96.5 cm³/mol. The van der Waals surface area contributed by atoms with E-state index in [0.29, 0.717) is 0 Å². The molecule has 2 aromatic rings. The lowest BCUT2D eigenvalue weighted by Gasteiger charge is -2.17. The van der Waals surface area contributed by atoms with Crippen molar-refractivity contribution in [3.63, 3.8) is 0 Å². The molecule has 2 nitrogen and oxygen atoms in total. The van der Waals surface area contributed by atoms with Gasteiger partial charge in [-0.2, -0.15) is 0 Å². The van der Waals surface area contributed by atoms with E-state index in [0.717, 1.165) is 10.2 Å². The van der Waals surface area contributed by atoms with E-state index in [4.69, 9.17) is 4.98 Å². The monoisotopic (exact) mass is 366 g/mol. The van der Waals surface area contributed by atoms with Gasteiger partial charge in [0.25, 0.3) is 0 Å². The molecule has 21 heavy (non-hydrogen) atoms. The minimum absolute atomic E-state index is 0.110. The summed E-state index contributed by atoms with van der Waals surface area (Å²) in [5.41, 5.74) is 3.67. The van der Waals surface area contributed by atoms with E-state index in [1.807, 2.05) is 11.3 Å². The summed E-state index contributed by atoms with van der Waals surface area (Å²) in [5.74, 6) is 0. The lowest BCUT2D eigenvalue weighted by Crippen LogP contribution is -2.10. The second-order valence-corrected chi connectivity index (χ2v) is 8.49. The number of aromatic nitrogens is 1. The molecule has 4 heteroatoms. The maximum atomic E-state index is 4.75. The summed E-state index contributed by atoms with van der Waals surface area (Å²) in [4.78, 5) is 6.07. The zero-order valence-electron chi connectivity index (χ0n) is 13.5. The minimum atomic E-state index is 0.110. The van der Waals surface area contributed by atoms with Gasteiger partial charge in [-0.05, 0) is 38.5 Å². The van der Waals surface area contributed by atoms with Crippen molar-refractivity contribution in [2.45, 2.75) is 53.0 Å². The zero-order valence-corrected chi connectivity index (χ0v) is 15.9. The molecule has 0 amide bonds. The van der Waals surface area contributed by atoms with Crippen LogP contribution in [0.3, 0.4) is 0 Å². The van der Waals surface area contributed by atoms with Crippen LogP contribution < -0.4 is 5.32 Å². The van der Waals surface area contributed by atoms with E-state index in [1.165, 1.54) is 21.1 Å². The molecule has 0 aliphatic heterocycles. The summed E-state index contributed by atoms with van der Waals surface area (Å²) in [7, 11) is 0. The van der Waals surface area contributed by atoms with E-state index in [-0.39, 0.29) is 11.5 Å². The van der Waals surface area contributed by atoms with Gasteiger partial charge in [-0.1, -0.05) is 42.8 Å². The molecule has 0 saturated heterocycles. The summed E-state index contributed by atoms with van der Waals surface area (Å²) in [5, 5.41) is 4.82. The van der Waals surface area contributed by atoms with Gasteiger partial charge in [0.1, 0.15) is 0 Å². The summed E-state index contributed by atoms with van der Waals surface area (Å²) in [6.45, 7) is 13.1. The molecule has 2 rings (SSSR count). The van der Waals surface area contributed by atoms with Crippen molar-refractivity contribution in [1.29, 1.82) is 0 Å². The average Bonchev–Trinajstić information content (AvgIpc) is 2.76. The first-order valence-electron chi connectivity index (χ1n) is 7.19. The van der Waals surface area contributed by atoms with Crippen LogP contribution >= 0.6 is 27.3 Å². The molecule has 114 valence electrons. The molecule has 1 atom stereocenters. The highest BCUT2D eigenvalue weighted by Crippen LogP contribution is 2.34. The van der Waals surface area contributed by atoms with Crippen molar-refractivity contribution in [3.05, 3.63) is 43.8 Å². The number of rotatable bonds is 3. The highest BCUT2D eigenvalue weighted by molar-refractivity contribution is 9.10. The number of benzene rings is 1. The maximum absolute atomic E-state index is 4.75. The van der Waals surface area contributed by atoms with Crippen molar-refractivity contribution in [3.8, 4) is 0 Å². The second kappa shape index (κ2) is 6.09. The summed E-state index contributed by atoms with van der Waals surface area (Å²) in [6.07, 6.45) is 0. The van der Waals surface area contributed by atoms with Gasteiger partial charge in [0.05, 0.1) is 16.7 Å². The van der Waals surface area contributed by atoms with Gasteiger partial charge in [0.15, 0.2) is 0 Å². The largest absolute Gasteiger partial charge is 0.377 e. The SMILES string of the molecule is Cc1ccc(Br)cc1NC(C)c1sc(C(C)(C)C)nc1C. The van der Waals surface area contributed by atoms with Crippen molar-refractivity contribution < 1.29 is 0 Å². The Morgan fingerprint density at radius 1 is 1.24 bits per heavy atom. The Hall–Kier alpha value is -0.870. The van der Waals surface area contributed by atoms with Crippen LogP contribution in [0.15, 0.2) is 22.7 Å². The molecule has 0 aliphatic rings. The predicted octanol–water partition coefficient (Wildman–Crippen LogP) is 5.99. The van der Waals surface area contributed by atoms with Crippen LogP contribution in [0.4, 0.5) is 5.69 Å². The van der Waals surface area contributed by atoms with E-state index >= 15 is 0 Å². The van der Waals surface area contributed by atoms with Crippen LogP contribution in [0.2, 0.25) is 0 Å². The summed E-state index contributed by atoms with van der Waals surface area (Å²) < 4.78 is 1.10. The average molecular weight is 367 g/mol. The van der Waals surface area contributed by atoms with Crippen LogP contribution in [0.1, 0.15) is 54.9 Å². The van der Waals surface area contributed by atoms with Crippen molar-refractivity contribution in [1.82, 2.24) is 4.98 Å². The molecule has 1 N–H and O–H groups in total. The lowest BCUT2D eigenvalue weighted by molar-refractivity contribution is 0.584. The summed E-state index contributed by atoms with van der Waals surface area (Å²) >= 11 is 5.36. The number of hydrogen-bond acceptors (Lipinski definition) is 3. The molecule has 0 radical (unpaired) electrons. The first-order chi connectivity index (χ1) is 9.68. The zero-order chi connectivity index (χ0) is 15.8. The molecule has 0 saturated carbocycles. The molecule has 1 aromatic carbocycles. The number of thiazole rings is 1. The molecular formula is C17H23BrN2S. The Balaban J connectivity index is 2.26. The fraction of sp³-hybridized carbons (Fsp3) is 0.471. The van der Waals surface area contributed by atoms with E-state index in [2.05, 4.69) is 81.0 Å². The van der Waals surface area contributed by atoms with Gasteiger partial charge in [0, 0.05) is 20.5 Å². The third kappa shape index (κ3) is 3.86. The molecule has 1 heterocycles. The number of hydrogen-bond donors (Lipinski definition) is 1. The molecule has 0 aliphatic carbocycles. The second-order valence-electron chi connectivity index (χ2n) is 6.54. The third-order valence-electron chi connectivity index (χ3n) is 3.44. The van der Waals surface area contributed by atoms with Crippen LogP contribution in [-0.4, -0.2) is 4.98 Å². The fourth-order valence-corrected chi connectivity index (χ4v) is 3.67. The number of halogens is 1. The van der Waals surface area contributed by atoms with Gasteiger partial charge in [-0.25, -0.2) is 4.98 Å². The van der Waals surface area contributed by atoms with Gasteiger partial charge in [0.2, 0.25) is 0 Å². The normalized spacial score (nSPS) is 13.3. The van der Waals surface area contributed by atoms with E-state index < -0.39 is 0 Å². The summed E-state index contributed by atoms with van der Waals surface area (Å²) in [6, 6.07) is 6.58. The lowest BCUT2D eigenvalue weighted by atomic mass is 9.98. The fourth-order valence-electron chi connectivity index (χ4n) is 2.18. The van der Waals surface area contributed by atoms with Crippen LogP contribution in [0, 0.1) is 13.8 Å². The number of aryl methyl sites for hydroxylation is 2. The molecule has 1 aromatic heterocycles. The van der Waals surface area contributed by atoms with Crippen LogP contribution in [0.25, 0.3) is 0 Å². The topological polar surface area (TPSA) is 24.9 Å². The van der Waals surface area contributed by atoms with Crippen molar-refractivity contribution >= 4 is 33.0 Å². The maximum Gasteiger partial charge on any atom is 0.0985 e. The van der Waals surface area contributed by atoms with Gasteiger partial charge in [-0.15, -0.1) is 11.3 Å². The Kier molecular flexibility index (Phi) is 4.79. The first-order valence-corrected chi connectivity index (χ1v) is 8.80. The first kappa shape index (κ1) is 16.5. The quantitative estimate of drug-likeness (QED) is 0.720.